The van der Waals surface area contributed by atoms with Gasteiger partial charge in [-0.05, 0) is 61.0 Å². The molecule has 12 heteroatoms. The van der Waals surface area contributed by atoms with Crippen molar-refractivity contribution >= 4 is 44.5 Å². The average molecular weight is 631 g/mol. The average Bonchev–Trinajstić information content (AvgIpc) is 3.54. The number of ketones is 1. The molecule has 2 aliphatic rings. The molecule has 1 aromatic carbocycles. The van der Waals surface area contributed by atoms with Gasteiger partial charge in [-0.15, -0.1) is 0 Å². The van der Waals surface area contributed by atoms with E-state index in [-0.39, 0.29) is 23.7 Å². The van der Waals surface area contributed by atoms with Gasteiger partial charge in [-0.1, -0.05) is 45.9 Å². The van der Waals surface area contributed by atoms with Crippen molar-refractivity contribution < 1.29 is 32.7 Å². The lowest BCUT2D eigenvalue weighted by Gasteiger charge is -2.46. The van der Waals surface area contributed by atoms with Gasteiger partial charge in [-0.2, -0.15) is 4.31 Å². The molecule has 0 spiro atoms. The number of rotatable bonds is 15. The first kappa shape index (κ1) is 33.6. The Morgan fingerprint density at radius 2 is 1.75 bits per heavy atom. The molecule has 2 atom stereocenters. The topological polar surface area (TPSA) is 166 Å². The van der Waals surface area contributed by atoms with E-state index in [2.05, 4.69) is 15.6 Å². The minimum atomic E-state index is -3.83. The van der Waals surface area contributed by atoms with E-state index >= 15 is 0 Å². The van der Waals surface area contributed by atoms with E-state index in [9.17, 15) is 32.7 Å². The van der Waals surface area contributed by atoms with Crippen molar-refractivity contribution in [3.05, 3.63) is 36.0 Å². The second-order valence-corrected chi connectivity index (χ2v) is 15.3. The maximum Gasteiger partial charge on any atom is 0.305 e. The highest BCUT2D eigenvalue weighted by molar-refractivity contribution is 7.88. The number of carboxylic acids is 1. The Morgan fingerprint density at radius 1 is 1.09 bits per heavy atom. The van der Waals surface area contributed by atoms with Gasteiger partial charge < -0.3 is 20.7 Å². The van der Waals surface area contributed by atoms with Gasteiger partial charge in [0.05, 0.1) is 25.3 Å². The molecule has 2 amide bonds. The number of Topliss-reactive ketones (excluding diaryl/α,β-unsaturated/α-hetero) is 1. The number of benzene rings is 1. The van der Waals surface area contributed by atoms with Gasteiger partial charge in [0.15, 0.2) is 5.78 Å². The molecule has 0 aliphatic heterocycles. The van der Waals surface area contributed by atoms with Gasteiger partial charge in [-0.25, -0.2) is 8.42 Å². The molecule has 2 aromatic rings. The molecule has 2 fully saturated rings. The lowest BCUT2D eigenvalue weighted by molar-refractivity contribution is -0.141. The van der Waals surface area contributed by atoms with Gasteiger partial charge in [-0.3, -0.25) is 19.2 Å². The predicted molar refractivity (Wildman–Crippen MR) is 167 cm³/mol. The summed E-state index contributed by atoms with van der Waals surface area (Å²) in [6, 6.07) is 6.43. The SMILES string of the molecule is CC(C)C(CC(=O)NCCc1c[nH]c2ccccc12)C(=O)NC(CC(=O)O)C(=O)CN(C12CCC(CC1)C2(C)C)S(C)(=O)=O. The summed E-state index contributed by atoms with van der Waals surface area (Å²) in [5.74, 6) is -3.68. The summed E-state index contributed by atoms with van der Waals surface area (Å²) in [5, 5.41) is 16.1. The van der Waals surface area contributed by atoms with Gasteiger partial charge >= 0.3 is 5.97 Å². The molecule has 0 saturated heterocycles. The molecular weight excluding hydrogens is 584 g/mol. The number of aromatic amines is 1. The van der Waals surface area contributed by atoms with Crippen LogP contribution in [0.2, 0.25) is 0 Å². The first-order chi connectivity index (χ1) is 20.6. The number of aromatic nitrogens is 1. The van der Waals surface area contributed by atoms with Crippen LogP contribution in [0.3, 0.4) is 0 Å². The van der Waals surface area contributed by atoms with Crippen LogP contribution in [0.4, 0.5) is 0 Å². The minimum absolute atomic E-state index is 0.139. The molecular formula is C32H46N4O7S. The normalized spacial score (nSPS) is 22.3. The molecule has 2 bridgehead atoms. The highest BCUT2D eigenvalue weighted by Gasteiger charge is 2.63. The number of hydrogen-bond acceptors (Lipinski definition) is 6. The van der Waals surface area contributed by atoms with Crippen molar-refractivity contribution in [1.82, 2.24) is 19.9 Å². The Hall–Kier alpha value is -3.25. The fraction of sp³-hybridized carbons (Fsp3) is 0.625. The zero-order valence-electron chi connectivity index (χ0n) is 26.3. The number of carbonyl (C=O) groups excluding carboxylic acids is 3. The van der Waals surface area contributed by atoms with Gasteiger partial charge in [0.1, 0.15) is 0 Å². The number of carboxylic acid groups (broad SMARTS) is 1. The summed E-state index contributed by atoms with van der Waals surface area (Å²) >= 11 is 0. The summed E-state index contributed by atoms with van der Waals surface area (Å²) in [6.45, 7) is 7.48. The van der Waals surface area contributed by atoms with Crippen molar-refractivity contribution in [3.8, 4) is 0 Å². The van der Waals surface area contributed by atoms with E-state index in [1.165, 1.54) is 4.31 Å². The van der Waals surface area contributed by atoms with Gasteiger partial charge in [0, 0.05) is 41.5 Å². The molecule has 44 heavy (non-hydrogen) atoms. The number of carbonyl (C=O) groups is 4. The van der Waals surface area contributed by atoms with E-state index < -0.39 is 58.1 Å². The molecule has 4 N–H and O–H groups in total. The third-order valence-electron chi connectivity index (χ3n) is 10.2. The molecule has 242 valence electrons. The summed E-state index contributed by atoms with van der Waals surface area (Å²) < 4.78 is 27.4. The molecule has 0 radical (unpaired) electrons. The number of fused-ring (bicyclic) bond motifs is 3. The quantitative estimate of drug-likeness (QED) is 0.234. The number of nitrogens with zero attached hydrogens (tertiary/aromatic N) is 1. The smallest absolute Gasteiger partial charge is 0.305 e. The number of nitrogens with one attached hydrogen (secondary N) is 3. The second-order valence-electron chi connectivity index (χ2n) is 13.4. The van der Waals surface area contributed by atoms with Gasteiger partial charge in [0.25, 0.3) is 0 Å². The zero-order valence-corrected chi connectivity index (χ0v) is 27.1. The molecule has 1 heterocycles. The van der Waals surface area contributed by atoms with Crippen molar-refractivity contribution in [1.29, 1.82) is 0 Å². The summed E-state index contributed by atoms with van der Waals surface area (Å²) in [6.07, 6.45) is 5.74. The van der Waals surface area contributed by atoms with Crippen LogP contribution in [0.25, 0.3) is 10.9 Å². The van der Waals surface area contributed by atoms with Crippen molar-refractivity contribution in [2.75, 3.05) is 19.3 Å². The van der Waals surface area contributed by atoms with Crippen LogP contribution in [-0.2, 0) is 35.6 Å². The summed E-state index contributed by atoms with van der Waals surface area (Å²) in [7, 11) is -3.83. The van der Waals surface area contributed by atoms with E-state index in [0.29, 0.717) is 31.7 Å². The monoisotopic (exact) mass is 630 g/mol. The lowest BCUT2D eigenvalue weighted by Crippen LogP contribution is -2.59. The Morgan fingerprint density at radius 3 is 2.32 bits per heavy atom. The Labute approximate surface area is 259 Å². The number of para-hydroxylation sites is 1. The molecule has 2 saturated carbocycles. The highest BCUT2D eigenvalue weighted by atomic mass is 32.2. The number of sulfonamides is 1. The number of aliphatic carboxylic acids is 1. The number of amides is 2. The van der Waals surface area contributed by atoms with Crippen molar-refractivity contribution in [2.45, 2.75) is 84.2 Å². The Kier molecular flexibility index (Phi) is 9.94. The zero-order chi connectivity index (χ0) is 32.4. The summed E-state index contributed by atoms with van der Waals surface area (Å²) in [5.41, 5.74) is 0.997. The number of hydrogen-bond donors (Lipinski definition) is 4. The molecule has 1 aromatic heterocycles. The Bertz CT molecular complexity index is 1510. The van der Waals surface area contributed by atoms with Crippen LogP contribution < -0.4 is 10.6 Å². The van der Waals surface area contributed by atoms with Crippen molar-refractivity contribution in [2.24, 2.45) is 23.2 Å². The Balaban J connectivity index is 1.42. The third kappa shape index (κ3) is 6.86. The van der Waals surface area contributed by atoms with Crippen molar-refractivity contribution in [3.63, 3.8) is 0 Å². The van der Waals surface area contributed by atoms with Crippen LogP contribution in [0.5, 0.6) is 0 Å². The van der Waals surface area contributed by atoms with E-state index in [1.54, 1.807) is 13.8 Å². The van der Waals surface area contributed by atoms with Crippen LogP contribution in [0.15, 0.2) is 30.5 Å². The van der Waals surface area contributed by atoms with E-state index in [1.807, 2.05) is 44.3 Å². The molecule has 2 aliphatic carbocycles. The largest absolute Gasteiger partial charge is 0.481 e. The van der Waals surface area contributed by atoms with Crippen LogP contribution in [0, 0.1) is 23.2 Å². The van der Waals surface area contributed by atoms with Gasteiger partial charge in [0.2, 0.25) is 21.8 Å². The fourth-order valence-electron chi connectivity index (χ4n) is 7.53. The highest BCUT2D eigenvalue weighted by Crippen LogP contribution is 2.63. The van der Waals surface area contributed by atoms with Crippen LogP contribution in [0.1, 0.15) is 71.8 Å². The maximum atomic E-state index is 13.6. The minimum Gasteiger partial charge on any atom is -0.481 e. The first-order valence-corrected chi connectivity index (χ1v) is 17.3. The molecule has 11 nitrogen and oxygen atoms in total. The molecule has 2 unspecified atom stereocenters. The van der Waals surface area contributed by atoms with E-state index in [4.69, 9.17) is 0 Å². The lowest BCUT2D eigenvalue weighted by atomic mass is 9.76. The predicted octanol–water partition coefficient (Wildman–Crippen LogP) is 3.25. The number of H-pyrrole nitrogens is 1. The third-order valence-corrected chi connectivity index (χ3v) is 11.5. The molecule has 4 rings (SSSR count). The van der Waals surface area contributed by atoms with Crippen LogP contribution >= 0.6 is 0 Å². The van der Waals surface area contributed by atoms with Crippen LogP contribution in [-0.4, -0.2) is 77.3 Å². The summed E-state index contributed by atoms with van der Waals surface area (Å²) in [4.78, 5) is 54.8. The maximum absolute atomic E-state index is 13.6. The first-order valence-electron chi connectivity index (χ1n) is 15.4. The fourth-order valence-corrected chi connectivity index (χ4v) is 8.94. The van der Waals surface area contributed by atoms with E-state index in [0.717, 1.165) is 35.6 Å². The second kappa shape index (κ2) is 13.0. The standard InChI is InChI=1S/C32H46N4O7S/c1-20(2)24(16-28(38)33-15-12-21-18-34-25-9-7-6-8-23(21)25)30(41)35-26(17-29(39)40)27(37)19-36(44(5,42)43)32-13-10-22(11-14-32)31(32,3)4/h6-9,18,20,22,24,26,34H,10-17,19H2,1-5H3,(H,33,38)(H,35,41)(H,39,40).